The third-order valence-electron chi connectivity index (χ3n) is 4.95. The van der Waals surface area contributed by atoms with Gasteiger partial charge < -0.3 is 16.0 Å². The van der Waals surface area contributed by atoms with Gasteiger partial charge >= 0.3 is 0 Å². The molecule has 122 valence electrons. The highest BCUT2D eigenvalue weighted by atomic mass is 16.1. The number of nitrogens with one attached hydrogen (secondary N) is 1. The monoisotopic (exact) mass is 296 g/mol. The Hall–Kier alpha value is -0.650. The van der Waals surface area contributed by atoms with Gasteiger partial charge in [-0.3, -0.25) is 9.69 Å². The summed E-state index contributed by atoms with van der Waals surface area (Å²) in [4.78, 5) is 16.8. The van der Waals surface area contributed by atoms with Crippen LogP contribution in [0.15, 0.2) is 0 Å². The first-order chi connectivity index (χ1) is 10.2. The number of carbonyl (C=O) groups is 1. The Morgan fingerprint density at radius 3 is 2.48 bits per heavy atom. The van der Waals surface area contributed by atoms with Crippen LogP contribution in [0.25, 0.3) is 0 Å². The number of likely N-dealkylation sites (tertiary alicyclic amines) is 2. The van der Waals surface area contributed by atoms with Gasteiger partial charge in [0.2, 0.25) is 5.91 Å². The van der Waals surface area contributed by atoms with Gasteiger partial charge in [0.25, 0.3) is 0 Å². The van der Waals surface area contributed by atoms with E-state index in [1.54, 1.807) is 0 Å². The molecule has 1 unspecified atom stereocenters. The van der Waals surface area contributed by atoms with Crippen molar-refractivity contribution in [1.29, 1.82) is 0 Å². The van der Waals surface area contributed by atoms with Crippen LogP contribution >= 0.6 is 0 Å². The van der Waals surface area contributed by atoms with Gasteiger partial charge in [-0.05, 0) is 64.7 Å². The van der Waals surface area contributed by atoms with Crippen molar-refractivity contribution in [2.24, 2.45) is 11.7 Å². The molecule has 2 heterocycles. The molecule has 0 aliphatic carbocycles. The average molecular weight is 296 g/mol. The molecule has 3 N–H and O–H groups in total. The molecule has 0 aromatic heterocycles. The zero-order valence-electron chi connectivity index (χ0n) is 13.5. The van der Waals surface area contributed by atoms with E-state index >= 15 is 0 Å². The van der Waals surface area contributed by atoms with Crippen LogP contribution in [0, 0.1) is 5.92 Å². The lowest BCUT2D eigenvalue weighted by Crippen LogP contribution is -2.48. The maximum absolute atomic E-state index is 11.7. The number of carbonyl (C=O) groups excluding carboxylic acids is 1. The maximum atomic E-state index is 11.7. The minimum Gasteiger partial charge on any atom is -0.356 e. The Labute approximate surface area is 129 Å². The van der Waals surface area contributed by atoms with E-state index in [9.17, 15) is 4.79 Å². The van der Waals surface area contributed by atoms with Crippen LogP contribution < -0.4 is 11.1 Å². The van der Waals surface area contributed by atoms with Gasteiger partial charge in [-0.2, -0.15) is 0 Å². The molecule has 5 heteroatoms. The van der Waals surface area contributed by atoms with Crippen LogP contribution in [0.2, 0.25) is 0 Å². The molecule has 1 atom stereocenters. The Kier molecular flexibility index (Phi) is 6.93. The SMILES string of the molecule is CCNC(=O)CC(CN)N1CCC(CN2CCCC2)CC1. The van der Waals surface area contributed by atoms with Gasteiger partial charge in [0.15, 0.2) is 0 Å². The van der Waals surface area contributed by atoms with Crippen LogP contribution in [-0.2, 0) is 4.79 Å². The number of nitrogens with two attached hydrogens (primary N) is 1. The smallest absolute Gasteiger partial charge is 0.221 e. The molecular weight excluding hydrogens is 264 g/mol. The lowest BCUT2D eigenvalue weighted by molar-refractivity contribution is -0.122. The topological polar surface area (TPSA) is 61.6 Å². The van der Waals surface area contributed by atoms with Crippen molar-refractivity contribution in [3.8, 4) is 0 Å². The van der Waals surface area contributed by atoms with Gasteiger partial charge in [-0.15, -0.1) is 0 Å². The Morgan fingerprint density at radius 1 is 1.24 bits per heavy atom. The van der Waals surface area contributed by atoms with Crippen molar-refractivity contribution in [1.82, 2.24) is 15.1 Å². The summed E-state index contributed by atoms with van der Waals surface area (Å²) in [6, 6.07) is 0.212. The van der Waals surface area contributed by atoms with Crippen molar-refractivity contribution in [2.45, 2.75) is 45.1 Å². The largest absolute Gasteiger partial charge is 0.356 e. The molecule has 0 aromatic rings. The van der Waals surface area contributed by atoms with Crippen molar-refractivity contribution in [3.05, 3.63) is 0 Å². The summed E-state index contributed by atoms with van der Waals surface area (Å²) in [5.41, 5.74) is 5.88. The third-order valence-corrected chi connectivity index (χ3v) is 4.95. The molecule has 2 aliphatic rings. The van der Waals surface area contributed by atoms with Gasteiger partial charge in [0.1, 0.15) is 0 Å². The highest BCUT2D eigenvalue weighted by Gasteiger charge is 2.27. The lowest BCUT2D eigenvalue weighted by atomic mass is 9.94. The van der Waals surface area contributed by atoms with Crippen LogP contribution in [-0.4, -0.2) is 67.6 Å². The van der Waals surface area contributed by atoms with E-state index in [-0.39, 0.29) is 11.9 Å². The predicted molar refractivity (Wildman–Crippen MR) is 86.1 cm³/mol. The zero-order chi connectivity index (χ0) is 15.1. The normalized spacial score (nSPS) is 23.3. The third kappa shape index (κ3) is 5.24. The minimum atomic E-state index is 0.132. The summed E-state index contributed by atoms with van der Waals surface area (Å²) in [6.45, 7) is 9.30. The predicted octanol–water partition coefficient (Wildman–Crippen LogP) is 0.648. The molecule has 0 radical (unpaired) electrons. The second-order valence-corrected chi connectivity index (χ2v) is 6.53. The van der Waals surface area contributed by atoms with Gasteiger partial charge in [0, 0.05) is 32.1 Å². The van der Waals surface area contributed by atoms with Crippen LogP contribution in [0.1, 0.15) is 39.0 Å². The first kappa shape index (κ1) is 16.7. The summed E-state index contributed by atoms with van der Waals surface area (Å²) >= 11 is 0. The lowest BCUT2D eigenvalue weighted by Gasteiger charge is -2.38. The number of nitrogens with zero attached hydrogens (tertiary/aromatic N) is 2. The second-order valence-electron chi connectivity index (χ2n) is 6.53. The molecule has 21 heavy (non-hydrogen) atoms. The van der Waals surface area contributed by atoms with Crippen molar-refractivity contribution in [3.63, 3.8) is 0 Å². The quantitative estimate of drug-likeness (QED) is 0.724. The fraction of sp³-hybridized carbons (Fsp3) is 0.938. The summed E-state index contributed by atoms with van der Waals surface area (Å²) in [7, 11) is 0. The second kappa shape index (κ2) is 8.71. The minimum absolute atomic E-state index is 0.132. The summed E-state index contributed by atoms with van der Waals surface area (Å²) in [5, 5.41) is 2.88. The first-order valence-electron chi connectivity index (χ1n) is 8.66. The summed E-state index contributed by atoms with van der Waals surface area (Å²) < 4.78 is 0. The molecule has 5 nitrogen and oxygen atoms in total. The Balaban J connectivity index is 1.71. The van der Waals surface area contributed by atoms with E-state index in [1.165, 1.54) is 45.3 Å². The van der Waals surface area contributed by atoms with Crippen molar-refractivity contribution in [2.75, 3.05) is 45.8 Å². The fourth-order valence-corrected chi connectivity index (χ4v) is 3.68. The van der Waals surface area contributed by atoms with Crippen molar-refractivity contribution < 1.29 is 4.79 Å². The average Bonchev–Trinajstić information content (AvgIpc) is 2.99. The molecule has 2 aliphatic heterocycles. The molecule has 2 fully saturated rings. The first-order valence-corrected chi connectivity index (χ1v) is 8.66. The number of hydrogen-bond donors (Lipinski definition) is 2. The number of piperidine rings is 1. The molecular formula is C16H32N4O. The molecule has 0 bridgehead atoms. The molecule has 0 saturated carbocycles. The molecule has 0 spiro atoms. The van der Waals surface area contributed by atoms with E-state index in [4.69, 9.17) is 5.73 Å². The van der Waals surface area contributed by atoms with Crippen LogP contribution in [0.5, 0.6) is 0 Å². The van der Waals surface area contributed by atoms with E-state index in [2.05, 4.69) is 15.1 Å². The molecule has 2 saturated heterocycles. The van der Waals surface area contributed by atoms with E-state index in [0.717, 1.165) is 19.0 Å². The number of hydrogen-bond acceptors (Lipinski definition) is 4. The summed E-state index contributed by atoms with van der Waals surface area (Å²) in [6.07, 6.45) is 5.80. The van der Waals surface area contributed by atoms with Gasteiger partial charge in [-0.1, -0.05) is 0 Å². The van der Waals surface area contributed by atoms with Gasteiger partial charge in [0.05, 0.1) is 0 Å². The Morgan fingerprint density at radius 2 is 1.90 bits per heavy atom. The molecule has 2 rings (SSSR count). The Bertz CT molecular complexity index is 309. The van der Waals surface area contributed by atoms with Crippen molar-refractivity contribution >= 4 is 5.91 Å². The standard InChI is InChI=1S/C16H32N4O/c1-2-18-16(21)11-15(12-17)20-9-5-14(6-10-20)13-19-7-3-4-8-19/h14-15H,2-13,17H2,1H3,(H,18,21). The van der Waals surface area contributed by atoms with Crippen LogP contribution in [0.3, 0.4) is 0 Å². The van der Waals surface area contributed by atoms with Crippen LogP contribution in [0.4, 0.5) is 0 Å². The van der Waals surface area contributed by atoms with Gasteiger partial charge in [-0.25, -0.2) is 0 Å². The molecule has 0 aromatic carbocycles. The number of rotatable bonds is 7. The fourth-order valence-electron chi connectivity index (χ4n) is 3.68. The zero-order valence-corrected chi connectivity index (χ0v) is 13.5. The van der Waals surface area contributed by atoms with E-state index in [1.807, 2.05) is 6.92 Å². The van der Waals surface area contributed by atoms with E-state index in [0.29, 0.717) is 19.5 Å². The van der Waals surface area contributed by atoms with E-state index < -0.39 is 0 Å². The molecule has 1 amide bonds. The number of amides is 1. The summed E-state index contributed by atoms with van der Waals surface area (Å²) in [5.74, 6) is 0.967. The maximum Gasteiger partial charge on any atom is 0.221 e. The highest BCUT2D eigenvalue weighted by Crippen LogP contribution is 2.22. The highest BCUT2D eigenvalue weighted by molar-refractivity contribution is 5.76.